The van der Waals surface area contributed by atoms with Crippen LogP contribution in [0.5, 0.6) is 0 Å². The number of methoxy groups -OCH3 is 1. The van der Waals surface area contributed by atoms with Gasteiger partial charge in [-0.15, -0.1) is 0 Å². The highest BCUT2D eigenvalue weighted by Gasteiger charge is 2.24. The number of pyridine rings is 1. The quantitative estimate of drug-likeness (QED) is 0.669. The molecule has 0 aliphatic carbocycles. The van der Waals surface area contributed by atoms with Crippen LogP contribution in [0, 0.1) is 0 Å². The number of esters is 1. The summed E-state index contributed by atoms with van der Waals surface area (Å²) in [6.07, 6.45) is 0.782. The van der Waals surface area contributed by atoms with Crippen molar-refractivity contribution < 1.29 is 19.1 Å². The van der Waals surface area contributed by atoms with E-state index in [4.69, 9.17) is 10.5 Å². The van der Waals surface area contributed by atoms with Crippen LogP contribution in [-0.4, -0.2) is 48.9 Å². The Hall–Kier alpha value is -2.51. The number of carbonyl (C=O) groups is 2. The molecule has 2 N–H and O–H groups in total. The van der Waals surface area contributed by atoms with Gasteiger partial charge in [-0.3, -0.25) is 5.01 Å². The van der Waals surface area contributed by atoms with Gasteiger partial charge < -0.3 is 15.2 Å². The van der Waals surface area contributed by atoms with Gasteiger partial charge in [0.2, 0.25) is 0 Å². The lowest BCUT2D eigenvalue weighted by atomic mass is 10.2. The Bertz CT molecular complexity index is 568. The van der Waals surface area contributed by atoms with E-state index in [0.29, 0.717) is 5.82 Å². The zero-order valence-electron chi connectivity index (χ0n) is 13.7. The van der Waals surface area contributed by atoms with Gasteiger partial charge in [-0.1, -0.05) is 0 Å². The summed E-state index contributed by atoms with van der Waals surface area (Å²) in [4.78, 5) is 27.6. The molecule has 1 amide bonds. The number of hydrogen-bond donors (Lipinski definition) is 1. The molecule has 0 saturated heterocycles. The van der Waals surface area contributed by atoms with Gasteiger partial charge in [-0.25, -0.2) is 19.6 Å². The molecule has 0 aliphatic heterocycles. The van der Waals surface area contributed by atoms with Crippen LogP contribution < -0.4 is 10.7 Å². The Morgan fingerprint density at radius 1 is 1.27 bits per heavy atom. The first-order valence-corrected chi connectivity index (χ1v) is 6.61. The summed E-state index contributed by atoms with van der Waals surface area (Å²) >= 11 is 0. The number of rotatable bonds is 3. The van der Waals surface area contributed by atoms with Gasteiger partial charge in [0.05, 0.1) is 18.4 Å². The Balaban J connectivity index is 2.95. The minimum Gasteiger partial charge on any atom is -0.465 e. The number of nitrogens with zero attached hydrogens (tertiary/aromatic N) is 3. The Morgan fingerprint density at radius 2 is 1.86 bits per heavy atom. The van der Waals surface area contributed by atoms with E-state index in [2.05, 4.69) is 9.72 Å². The third-order valence-electron chi connectivity index (χ3n) is 2.73. The lowest BCUT2D eigenvalue weighted by Gasteiger charge is -2.31. The summed E-state index contributed by atoms with van der Waals surface area (Å²) in [6, 6.07) is 1.44. The van der Waals surface area contributed by atoms with Gasteiger partial charge in [0.1, 0.15) is 5.60 Å². The van der Waals surface area contributed by atoms with Crippen LogP contribution in [0.2, 0.25) is 0 Å². The lowest BCUT2D eigenvalue weighted by Crippen LogP contribution is -2.44. The van der Waals surface area contributed by atoms with Gasteiger partial charge in [0, 0.05) is 20.3 Å². The van der Waals surface area contributed by atoms with Crippen LogP contribution in [0.15, 0.2) is 12.3 Å². The highest BCUT2D eigenvalue weighted by atomic mass is 16.6. The second kappa shape index (κ2) is 6.50. The second-order valence-electron chi connectivity index (χ2n) is 5.66. The first-order chi connectivity index (χ1) is 10.1. The van der Waals surface area contributed by atoms with Crippen molar-refractivity contribution in [3.8, 4) is 0 Å². The van der Waals surface area contributed by atoms with Gasteiger partial charge in [0.15, 0.2) is 5.82 Å². The van der Waals surface area contributed by atoms with Gasteiger partial charge >= 0.3 is 12.1 Å². The predicted octanol–water partition coefficient (Wildman–Crippen LogP) is 1.67. The first-order valence-electron chi connectivity index (χ1n) is 6.61. The molecule has 0 spiro atoms. The normalized spacial score (nSPS) is 10.8. The summed E-state index contributed by atoms with van der Waals surface area (Å²) in [5.41, 5.74) is 5.75. The largest absolute Gasteiger partial charge is 0.465 e. The maximum absolute atomic E-state index is 12.0. The van der Waals surface area contributed by atoms with Crippen molar-refractivity contribution in [3.05, 3.63) is 17.8 Å². The number of anilines is 2. The molecule has 0 aromatic carbocycles. The number of hydrogen-bond acceptors (Lipinski definition) is 7. The molecule has 0 atom stereocenters. The number of amides is 1. The zero-order chi connectivity index (χ0) is 17.1. The van der Waals surface area contributed by atoms with E-state index in [9.17, 15) is 9.59 Å². The molecule has 0 fully saturated rings. The molecule has 122 valence electrons. The van der Waals surface area contributed by atoms with Crippen LogP contribution >= 0.6 is 0 Å². The summed E-state index contributed by atoms with van der Waals surface area (Å²) in [5.74, 6) is -0.213. The fourth-order valence-corrected chi connectivity index (χ4v) is 1.57. The van der Waals surface area contributed by atoms with E-state index < -0.39 is 17.7 Å². The monoisotopic (exact) mass is 310 g/mol. The van der Waals surface area contributed by atoms with E-state index in [1.165, 1.54) is 36.4 Å². The van der Waals surface area contributed by atoms with Crippen molar-refractivity contribution in [1.82, 2.24) is 9.99 Å². The van der Waals surface area contributed by atoms with Gasteiger partial charge in [0.25, 0.3) is 0 Å². The molecule has 0 aliphatic rings. The molecule has 0 radical (unpaired) electrons. The van der Waals surface area contributed by atoms with Crippen molar-refractivity contribution >= 4 is 23.6 Å². The third-order valence-corrected chi connectivity index (χ3v) is 2.73. The summed E-state index contributed by atoms with van der Waals surface area (Å²) in [5, 5.41) is 2.67. The van der Waals surface area contributed by atoms with E-state index in [1.807, 2.05) is 0 Å². The van der Waals surface area contributed by atoms with Gasteiger partial charge in [-0.2, -0.15) is 0 Å². The Morgan fingerprint density at radius 3 is 2.32 bits per heavy atom. The maximum atomic E-state index is 12.0. The summed E-state index contributed by atoms with van der Waals surface area (Å²) in [6.45, 7) is 5.32. The highest BCUT2D eigenvalue weighted by Crippen LogP contribution is 2.22. The fourth-order valence-electron chi connectivity index (χ4n) is 1.57. The topological polar surface area (TPSA) is 98.0 Å². The molecular formula is C14H22N4O4. The second-order valence-corrected chi connectivity index (χ2v) is 5.66. The fraction of sp³-hybridized carbons (Fsp3) is 0.500. The SMILES string of the molecule is COC(=O)c1cnc(N(C)N(C)C(=O)OC(C)(C)C)c(N)c1. The summed E-state index contributed by atoms with van der Waals surface area (Å²) < 4.78 is 9.86. The third kappa shape index (κ3) is 4.24. The van der Waals surface area contributed by atoms with Crippen LogP contribution in [0.25, 0.3) is 0 Å². The van der Waals surface area contributed by atoms with Crippen LogP contribution in [-0.2, 0) is 9.47 Å². The first kappa shape index (κ1) is 17.5. The average Bonchev–Trinajstić information content (AvgIpc) is 2.42. The minimum absolute atomic E-state index is 0.233. The van der Waals surface area contributed by atoms with E-state index >= 15 is 0 Å². The molecule has 22 heavy (non-hydrogen) atoms. The summed E-state index contributed by atoms with van der Waals surface area (Å²) in [7, 11) is 4.42. The number of carbonyl (C=O) groups excluding carboxylic acids is 2. The van der Waals surface area contributed by atoms with Crippen LogP contribution in [0.4, 0.5) is 16.3 Å². The van der Waals surface area contributed by atoms with Crippen LogP contribution in [0.1, 0.15) is 31.1 Å². The molecule has 1 heterocycles. The predicted molar refractivity (Wildman–Crippen MR) is 82.4 cm³/mol. The highest BCUT2D eigenvalue weighted by molar-refractivity contribution is 5.91. The molecule has 0 saturated carbocycles. The van der Waals surface area contributed by atoms with Crippen molar-refractivity contribution in [1.29, 1.82) is 0 Å². The van der Waals surface area contributed by atoms with Crippen molar-refractivity contribution in [2.45, 2.75) is 26.4 Å². The molecular weight excluding hydrogens is 288 g/mol. The smallest absolute Gasteiger partial charge is 0.429 e. The lowest BCUT2D eigenvalue weighted by molar-refractivity contribution is 0.0286. The number of nitrogen functional groups attached to an aromatic ring is 1. The van der Waals surface area contributed by atoms with Crippen LogP contribution in [0.3, 0.4) is 0 Å². The average molecular weight is 310 g/mol. The molecule has 1 aromatic rings. The molecule has 8 heteroatoms. The van der Waals surface area contributed by atoms with E-state index in [1.54, 1.807) is 27.8 Å². The van der Waals surface area contributed by atoms with E-state index in [0.717, 1.165) is 0 Å². The molecule has 1 rings (SSSR count). The molecule has 0 bridgehead atoms. The molecule has 8 nitrogen and oxygen atoms in total. The molecule has 1 aromatic heterocycles. The zero-order valence-corrected chi connectivity index (χ0v) is 13.7. The van der Waals surface area contributed by atoms with E-state index in [-0.39, 0.29) is 11.3 Å². The number of hydrazine groups is 1. The Kier molecular flexibility index (Phi) is 5.19. The standard InChI is InChI=1S/C14H22N4O4/c1-14(2,3)22-13(20)18(5)17(4)11-10(15)7-9(8-16-11)12(19)21-6/h7-8H,15H2,1-6H3. The number of nitrogens with two attached hydrogens (primary N) is 1. The molecule has 0 unspecified atom stereocenters. The van der Waals surface area contributed by atoms with Crippen molar-refractivity contribution in [2.24, 2.45) is 0 Å². The number of ether oxygens (including phenoxy) is 2. The van der Waals surface area contributed by atoms with Gasteiger partial charge in [-0.05, 0) is 26.8 Å². The number of aromatic nitrogens is 1. The maximum Gasteiger partial charge on any atom is 0.429 e. The Labute approximate surface area is 129 Å². The van der Waals surface area contributed by atoms with Crippen molar-refractivity contribution in [2.75, 3.05) is 31.9 Å². The minimum atomic E-state index is -0.611. The van der Waals surface area contributed by atoms with Crippen molar-refractivity contribution in [3.63, 3.8) is 0 Å².